The minimum atomic E-state index is -3.32. The molecule has 0 aliphatic carbocycles. The van der Waals surface area contributed by atoms with E-state index in [1.165, 1.54) is 9.18 Å². The predicted molar refractivity (Wildman–Crippen MR) is 69.3 cm³/mol. The summed E-state index contributed by atoms with van der Waals surface area (Å²) >= 11 is 1.62. The van der Waals surface area contributed by atoms with Crippen molar-refractivity contribution in [2.75, 3.05) is 26.2 Å². The fourth-order valence-corrected chi connectivity index (χ4v) is 3.82. The first kappa shape index (κ1) is 13.0. The maximum absolute atomic E-state index is 12.0. The molecule has 1 saturated heterocycles. The van der Waals surface area contributed by atoms with Crippen molar-refractivity contribution in [2.45, 2.75) is 13.5 Å². The molecule has 0 aromatic carbocycles. The third kappa shape index (κ3) is 3.49. The van der Waals surface area contributed by atoms with Crippen LogP contribution in [0.3, 0.4) is 0 Å². The van der Waals surface area contributed by atoms with E-state index in [0.717, 1.165) is 18.0 Å². The molecule has 0 unspecified atom stereocenters. The van der Waals surface area contributed by atoms with Crippen LogP contribution >= 0.6 is 11.3 Å². The Bertz CT molecular complexity index is 464. The highest BCUT2D eigenvalue weighted by Crippen LogP contribution is 2.15. The van der Waals surface area contributed by atoms with Gasteiger partial charge in [-0.2, -0.15) is 17.4 Å². The van der Waals surface area contributed by atoms with Crippen LogP contribution in [0.25, 0.3) is 0 Å². The summed E-state index contributed by atoms with van der Waals surface area (Å²) in [5.41, 5.74) is 0. The summed E-state index contributed by atoms with van der Waals surface area (Å²) in [7, 11) is -3.32. The smallest absolute Gasteiger partial charge is 0.279 e. The molecule has 1 aliphatic rings. The van der Waals surface area contributed by atoms with Crippen molar-refractivity contribution in [2.24, 2.45) is 0 Å². The standard InChI is InChI=1S/C10H17N3O2S2/c1-9-2-3-10(16-9)8-12-17(14,15)13-6-4-11-5-7-13/h2-3,11-12H,4-8H2,1H3. The average Bonchev–Trinajstić information content (AvgIpc) is 2.74. The first-order valence-electron chi connectivity index (χ1n) is 5.59. The van der Waals surface area contributed by atoms with Gasteiger partial charge >= 0.3 is 0 Å². The summed E-state index contributed by atoms with van der Waals surface area (Å²) < 4.78 is 28.0. The first-order chi connectivity index (χ1) is 8.08. The Labute approximate surface area is 106 Å². The zero-order valence-corrected chi connectivity index (χ0v) is 11.4. The van der Waals surface area contributed by atoms with E-state index in [4.69, 9.17) is 0 Å². The molecule has 7 heteroatoms. The van der Waals surface area contributed by atoms with Gasteiger partial charge in [0.05, 0.1) is 0 Å². The molecule has 5 nitrogen and oxygen atoms in total. The van der Waals surface area contributed by atoms with Crippen molar-refractivity contribution >= 4 is 21.5 Å². The van der Waals surface area contributed by atoms with E-state index in [-0.39, 0.29) is 0 Å². The lowest BCUT2D eigenvalue weighted by molar-refractivity contribution is 0.355. The minimum absolute atomic E-state index is 0.380. The van der Waals surface area contributed by atoms with Gasteiger partial charge in [-0.15, -0.1) is 11.3 Å². The lowest BCUT2D eigenvalue weighted by Crippen LogP contribution is -2.50. The van der Waals surface area contributed by atoms with E-state index >= 15 is 0 Å². The van der Waals surface area contributed by atoms with Crippen LogP contribution in [0.15, 0.2) is 12.1 Å². The summed E-state index contributed by atoms with van der Waals surface area (Å²) in [6.45, 7) is 4.92. The van der Waals surface area contributed by atoms with Crippen molar-refractivity contribution in [3.63, 3.8) is 0 Å². The van der Waals surface area contributed by atoms with Crippen molar-refractivity contribution in [1.29, 1.82) is 0 Å². The highest BCUT2D eigenvalue weighted by molar-refractivity contribution is 7.87. The summed E-state index contributed by atoms with van der Waals surface area (Å²) in [5, 5.41) is 3.13. The molecule has 0 bridgehead atoms. The van der Waals surface area contributed by atoms with Gasteiger partial charge in [-0.05, 0) is 19.1 Å². The molecule has 0 saturated carbocycles. The van der Waals surface area contributed by atoms with Gasteiger partial charge in [-0.1, -0.05) is 0 Å². The van der Waals surface area contributed by atoms with Gasteiger partial charge < -0.3 is 5.32 Å². The second kappa shape index (κ2) is 5.45. The maximum Gasteiger partial charge on any atom is 0.279 e. The topological polar surface area (TPSA) is 61.4 Å². The van der Waals surface area contributed by atoms with Crippen LogP contribution in [-0.4, -0.2) is 38.9 Å². The molecule has 2 rings (SSSR count). The number of nitrogens with one attached hydrogen (secondary N) is 2. The maximum atomic E-state index is 12.0. The molecule has 1 fully saturated rings. The van der Waals surface area contributed by atoms with Crippen LogP contribution in [0.4, 0.5) is 0 Å². The number of hydrogen-bond acceptors (Lipinski definition) is 4. The zero-order chi connectivity index (χ0) is 12.3. The molecule has 1 aromatic rings. The number of rotatable bonds is 4. The Kier molecular flexibility index (Phi) is 4.16. The lowest BCUT2D eigenvalue weighted by atomic mass is 10.4. The van der Waals surface area contributed by atoms with Crippen molar-refractivity contribution in [3.05, 3.63) is 21.9 Å². The highest BCUT2D eigenvalue weighted by Gasteiger charge is 2.23. The zero-order valence-electron chi connectivity index (χ0n) is 9.77. The van der Waals surface area contributed by atoms with E-state index < -0.39 is 10.2 Å². The van der Waals surface area contributed by atoms with Gasteiger partial charge in [0.1, 0.15) is 0 Å². The van der Waals surface area contributed by atoms with Gasteiger partial charge in [0.15, 0.2) is 0 Å². The number of piperazine rings is 1. The normalized spacial score (nSPS) is 18.4. The molecule has 1 aromatic heterocycles. The molecule has 0 amide bonds. The lowest BCUT2D eigenvalue weighted by Gasteiger charge is -2.26. The Balaban J connectivity index is 1.92. The molecule has 0 spiro atoms. The first-order valence-corrected chi connectivity index (χ1v) is 7.84. The quantitative estimate of drug-likeness (QED) is 0.830. The fraction of sp³-hybridized carbons (Fsp3) is 0.600. The Morgan fingerprint density at radius 2 is 2.12 bits per heavy atom. The SMILES string of the molecule is Cc1ccc(CNS(=O)(=O)N2CCNCC2)s1. The van der Waals surface area contributed by atoms with Crippen molar-refractivity contribution in [3.8, 4) is 0 Å². The van der Waals surface area contributed by atoms with E-state index in [1.54, 1.807) is 11.3 Å². The third-order valence-electron chi connectivity index (χ3n) is 2.64. The minimum Gasteiger partial charge on any atom is -0.314 e. The average molecular weight is 275 g/mol. The summed E-state index contributed by atoms with van der Waals surface area (Å²) in [5.74, 6) is 0. The van der Waals surface area contributed by atoms with E-state index in [0.29, 0.717) is 19.6 Å². The number of thiophene rings is 1. The summed E-state index contributed by atoms with van der Waals surface area (Å²) in [4.78, 5) is 2.24. The predicted octanol–water partition coefficient (Wildman–Crippen LogP) is 0.296. The Morgan fingerprint density at radius 1 is 1.41 bits per heavy atom. The van der Waals surface area contributed by atoms with Crippen molar-refractivity contribution in [1.82, 2.24) is 14.3 Å². The van der Waals surface area contributed by atoms with Crippen LogP contribution in [0.1, 0.15) is 9.75 Å². The number of hydrogen-bond donors (Lipinski definition) is 2. The Morgan fingerprint density at radius 3 is 2.71 bits per heavy atom. The van der Waals surface area contributed by atoms with E-state index in [1.807, 2.05) is 19.1 Å². The van der Waals surface area contributed by atoms with Gasteiger partial charge in [0, 0.05) is 42.5 Å². The van der Waals surface area contributed by atoms with Gasteiger partial charge in [0.2, 0.25) is 0 Å². The second-order valence-electron chi connectivity index (χ2n) is 3.99. The molecule has 2 N–H and O–H groups in total. The van der Waals surface area contributed by atoms with Gasteiger partial charge in [0.25, 0.3) is 10.2 Å². The van der Waals surface area contributed by atoms with Crippen molar-refractivity contribution < 1.29 is 8.42 Å². The molecule has 1 aliphatic heterocycles. The van der Waals surface area contributed by atoms with Gasteiger partial charge in [-0.25, -0.2) is 0 Å². The number of aryl methyl sites for hydroxylation is 1. The fourth-order valence-electron chi connectivity index (χ4n) is 1.72. The van der Waals surface area contributed by atoms with E-state index in [2.05, 4.69) is 10.0 Å². The largest absolute Gasteiger partial charge is 0.314 e. The van der Waals surface area contributed by atoms with Gasteiger partial charge in [-0.3, -0.25) is 0 Å². The Hall–Kier alpha value is -0.470. The molecule has 0 radical (unpaired) electrons. The monoisotopic (exact) mass is 275 g/mol. The molecular formula is C10H17N3O2S2. The molecular weight excluding hydrogens is 258 g/mol. The van der Waals surface area contributed by atoms with Crippen LogP contribution in [0.2, 0.25) is 0 Å². The second-order valence-corrected chi connectivity index (χ2v) is 7.12. The van der Waals surface area contributed by atoms with Crippen LogP contribution in [-0.2, 0) is 16.8 Å². The molecule has 17 heavy (non-hydrogen) atoms. The van der Waals surface area contributed by atoms with Crippen LogP contribution in [0, 0.1) is 6.92 Å². The molecule has 2 heterocycles. The van der Waals surface area contributed by atoms with Crippen LogP contribution in [0.5, 0.6) is 0 Å². The third-order valence-corrected chi connectivity index (χ3v) is 5.20. The number of nitrogens with zero attached hydrogens (tertiary/aromatic N) is 1. The molecule has 0 atom stereocenters. The summed E-state index contributed by atoms with van der Waals surface area (Å²) in [6.07, 6.45) is 0. The molecule has 96 valence electrons. The highest BCUT2D eigenvalue weighted by atomic mass is 32.2. The van der Waals surface area contributed by atoms with E-state index in [9.17, 15) is 8.42 Å². The van der Waals surface area contributed by atoms with Crippen LogP contribution < -0.4 is 10.0 Å². The summed E-state index contributed by atoms with van der Waals surface area (Å²) in [6, 6.07) is 3.96.